The fourth-order valence-corrected chi connectivity index (χ4v) is 12.7. The van der Waals surface area contributed by atoms with Crippen molar-refractivity contribution in [2.24, 2.45) is 11.8 Å². The van der Waals surface area contributed by atoms with Crippen LogP contribution in [0.3, 0.4) is 0 Å². The summed E-state index contributed by atoms with van der Waals surface area (Å²) in [6.07, 6.45) is 9.10. The molecule has 0 bridgehead atoms. The Morgan fingerprint density at radius 1 is 0.518 bits per heavy atom. The summed E-state index contributed by atoms with van der Waals surface area (Å²) >= 11 is 44.6. The SMILES string of the molecule is O=C(O)CCc1cc(Br)c(OCc2cc(Cl)cc(NCC3CC3)c2F)c(Br)c1.O=C(O)CCc1cc(Cl)c(OCc2cc(Cl)cc(NC3CCC3)c2)c(Cl)c1.O=C(O)CNC(=O)c1cc(Br)c(OCc2cc(Cl)cc(NCC3CC3)c2F)c(Br)c1. The molecule has 0 saturated heterocycles. The second kappa shape index (κ2) is 32.5. The van der Waals surface area contributed by atoms with Crippen molar-refractivity contribution in [2.75, 3.05) is 35.6 Å². The molecule has 3 aliphatic carbocycles. The fraction of sp³-hybridized carbons (Fsp3) is 0.333. The molecule has 0 radical (unpaired) electrons. The molecule has 6 aromatic rings. The molecule has 85 heavy (non-hydrogen) atoms. The number of amides is 1. The molecule has 25 heteroatoms. The van der Waals surface area contributed by atoms with Crippen LogP contribution in [0, 0.1) is 23.5 Å². The highest BCUT2D eigenvalue weighted by Crippen LogP contribution is 2.40. The third kappa shape index (κ3) is 21.8. The average molecular weight is 1530 g/mol. The molecule has 3 saturated carbocycles. The van der Waals surface area contributed by atoms with E-state index in [2.05, 4.69) is 85.0 Å². The Labute approximate surface area is 548 Å². The molecule has 1 amide bonds. The van der Waals surface area contributed by atoms with Crippen molar-refractivity contribution >= 4 is 163 Å². The summed E-state index contributed by atoms with van der Waals surface area (Å²) in [6.45, 7) is 1.17. The lowest BCUT2D eigenvalue weighted by Crippen LogP contribution is -2.29. The monoisotopic (exact) mass is 1520 g/mol. The van der Waals surface area contributed by atoms with Crippen LogP contribution in [-0.2, 0) is 47.0 Å². The first-order valence-electron chi connectivity index (χ1n) is 26.7. The number of carboxylic acids is 3. The minimum absolute atomic E-state index is 0.0101. The van der Waals surface area contributed by atoms with Gasteiger partial charge in [0.15, 0.2) is 17.4 Å². The maximum atomic E-state index is 14.8. The van der Waals surface area contributed by atoms with Gasteiger partial charge in [0.25, 0.3) is 5.91 Å². The largest absolute Gasteiger partial charge is 0.486 e. The molecule has 0 spiro atoms. The second-order valence-corrected chi connectivity index (χ2v) is 25.9. The van der Waals surface area contributed by atoms with Crippen LogP contribution in [-0.4, -0.2) is 64.8 Å². The molecule has 0 atom stereocenters. The Hall–Kier alpha value is -4.77. The van der Waals surface area contributed by atoms with Gasteiger partial charge in [-0.3, -0.25) is 19.2 Å². The van der Waals surface area contributed by atoms with Crippen LogP contribution >= 0.6 is 122 Å². The van der Waals surface area contributed by atoms with Crippen molar-refractivity contribution in [3.8, 4) is 17.2 Å². The standard InChI is InChI=1S/C20H18Br2ClFN2O4.C20H19Br2ClFNO3.C20H20Cl3NO3/c21-14-4-11(20(29)26-8-17(27)28)5-15(22)19(14)30-9-12-3-13(23)6-16(18(12)24)25-7-10-1-2-10;21-15-5-12(3-4-18(26)27)6-16(22)20(15)28-10-13-7-14(23)8-17(19(13)24)25-9-11-1-2-11;21-14-6-13(7-16(10-14)24-15-2-1-3-15)11-27-20-17(22)8-12(9-18(20)23)4-5-19(25)26/h3-6,10,25H,1-2,7-9H2,(H,26,29)(H,27,28);5-8,11,25H,1-4,9-10H2,(H,26,27);6-10,15,24H,1-5,11H2,(H,25,26). The average Bonchev–Trinajstić information content (AvgIpc) is 4.15. The van der Waals surface area contributed by atoms with Gasteiger partial charge in [0.2, 0.25) is 0 Å². The highest BCUT2D eigenvalue weighted by molar-refractivity contribution is 9.11. The van der Waals surface area contributed by atoms with Gasteiger partial charge in [0, 0.05) is 69.4 Å². The van der Waals surface area contributed by atoms with Gasteiger partial charge in [-0.2, -0.15) is 0 Å². The van der Waals surface area contributed by atoms with E-state index in [0.717, 1.165) is 41.8 Å². The van der Waals surface area contributed by atoms with Crippen molar-refractivity contribution in [3.63, 3.8) is 0 Å². The number of hydrogen-bond donors (Lipinski definition) is 7. The fourth-order valence-electron chi connectivity index (χ4n) is 8.35. The molecule has 0 heterocycles. The van der Waals surface area contributed by atoms with Crippen LogP contribution in [0.2, 0.25) is 25.1 Å². The third-order valence-corrected chi connectivity index (χ3v) is 16.9. The maximum Gasteiger partial charge on any atom is 0.322 e. The molecule has 6 aromatic carbocycles. The molecule has 454 valence electrons. The number of aliphatic carboxylic acids is 3. The first-order chi connectivity index (χ1) is 40.5. The van der Waals surface area contributed by atoms with E-state index in [1.807, 2.05) is 18.2 Å². The van der Waals surface area contributed by atoms with Crippen LogP contribution in [0.15, 0.2) is 96.8 Å². The number of rotatable bonds is 26. The summed E-state index contributed by atoms with van der Waals surface area (Å²) in [6, 6.07) is 22.5. The highest BCUT2D eigenvalue weighted by Gasteiger charge is 2.24. The zero-order valence-electron chi connectivity index (χ0n) is 45.1. The van der Waals surface area contributed by atoms with Gasteiger partial charge in [-0.25, -0.2) is 8.78 Å². The lowest BCUT2D eigenvalue weighted by Gasteiger charge is -2.27. The molecule has 0 unspecified atom stereocenters. The Kier molecular flexibility index (Phi) is 25.9. The van der Waals surface area contributed by atoms with Crippen LogP contribution in [0.4, 0.5) is 25.8 Å². The van der Waals surface area contributed by atoms with Crippen LogP contribution in [0.1, 0.15) is 96.0 Å². The molecule has 0 aliphatic heterocycles. The van der Waals surface area contributed by atoms with Crippen molar-refractivity contribution in [3.05, 3.63) is 167 Å². The maximum absolute atomic E-state index is 14.8. The number of nitrogens with one attached hydrogen (secondary N) is 4. The summed E-state index contributed by atoms with van der Waals surface area (Å²) in [5, 5.41) is 40.5. The minimum Gasteiger partial charge on any atom is -0.486 e. The van der Waals surface area contributed by atoms with E-state index >= 15 is 0 Å². The van der Waals surface area contributed by atoms with E-state index in [0.29, 0.717) is 120 Å². The number of carbonyl (C=O) groups is 4. The summed E-state index contributed by atoms with van der Waals surface area (Å²) < 4.78 is 49.3. The molecule has 0 aromatic heterocycles. The zero-order valence-corrected chi connectivity index (χ0v) is 55.2. The number of benzene rings is 6. The smallest absolute Gasteiger partial charge is 0.322 e. The number of anilines is 3. The lowest BCUT2D eigenvalue weighted by atomic mass is 9.93. The molecule has 7 N–H and O–H groups in total. The number of carbonyl (C=O) groups excluding carboxylic acids is 1. The predicted octanol–water partition coefficient (Wildman–Crippen LogP) is 17.8. The third-order valence-electron chi connectivity index (χ3n) is 13.4. The van der Waals surface area contributed by atoms with Crippen LogP contribution in [0.25, 0.3) is 0 Å². The molecule has 3 aliphatic rings. The first-order valence-corrected chi connectivity index (χ1v) is 31.8. The number of aryl methyl sites for hydroxylation is 2. The van der Waals surface area contributed by atoms with Gasteiger partial charge >= 0.3 is 17.9 Å². The second-order valence-electron chi connectivity index (χ2n) is 20.4. The number of carboxylic acid groups (broad SMARTS) is 3. The van der Waals surface area contributed by atoms with E-state index in [4.69, 9.17) is 87.5 Å². The molecular formula is C60H57Br4Cl5F2N4O10. The van der Waals surface area contributed by atoms with Gasteiger partial charge in [0.1, 0.15) is 37.9 Å². The summed E-state index contributed by atoms with van der Waals surface area (Å²) in [7, 11) is 0. The Balaban J connectivity index is 0.000000183. The van der Waals surface area contributed by atoms with Gasteiger partial charge in [0.05, 0.1) is 39.3 Å². The van der Waals surface area contributed by atoms with Gasteiger partial charge in [-0.15, -0.1) is 0 Å². The molecule has 3 fully saturated rings. The van der Waals surface area contributed by atoms with Crippen molar-refractivity contribution in [1.29, 1.82) is 0 Å². The number of hydrogen-bond acceptors (Lipinski definition) is 10. The normalized spacial score (nSPS) is 13.4. The summed E-state index contributed by atoms with van der Waals surface area (Å²) in [5.41, 5.74) is 5.13. The van der Waals surface area contributed by atoms with Crippen molar-refractivity contribution in [1.82, 2.24) is 5.32 Å². The van der Waals surface area contributed by atoms with Crippen molar-refractivity contribution in [2.45, 2.75) is 96.5 Å². The topological polar surface area (TPSA) is 205 Å². The van der Waals surface area contributed by atoms with Crippen LogP contribution < -0.4 is 35.5 Å². The number of ether oxygens (including phenoxy) is 3. The van der Waals surface area contributed by atoms with E-state index in [-0.39, 0.29) is 44.0 Å². The molecule has 9 rings (SSSR count). The summed E-state index contributed by atoms with van der Waals surface area (Å²) in [5.74, 6) is -1.72. The minimum atomic E-state index is -1.14. The molecule has 14 nitrogen and oxygen atoms in total. The van der Waals surface area contributed by atoms with E-state index in [1.54, 1.807) is 42.5 Å². The molecular weight excluding hydrogens is 1470 g/mol. The van der Waals surface area contributed by atoms with Crippen molar-refractivity contribution < 1.29 is 57.5 Å². The van der Waals surface area contributed by atoms with Gasteiger partial charge in [-0.1, -0.05) is 58.0 Å². The van der Waals surface area contributed by atoms with E-state index in [1.165, 1.54) is 50.3 Å². The summed E-state index contributed by atoms with van der Waals surface area (Å²) in [4.78, 5) is 44.1. The Morgan fingerprint density at radius 3 is 1.40 bits per heavy atom. The Morgan fingerprint density at radius 2 is 0.965 bits per heavy atom. The zero-order chi connectivity index (χ0) is 61.5. The van der Waals surface area contributed by atoms with Gasteiger partial charge < -0.3 is 50.8 Å². The quantitative estimate of drug-likeness (QED) is 0.0270. The Bertz CT molecular complexity index is 3350. The van der Waals surface area contributed by atoms with Gasteiger partial charge in [-0.05, 0) is 229 Å². The van der Waals surface area contributed by atoms with E-state index < -0.39 is 36.2 Å². The lowest BCUT2D eigenvalue weighted by molar-refractivity contribution is -0.138. The highest BCUT2D eigenvalue weighted by atomic mass is 79.9. The number of halogens is 11. The van der Waals surface area contributed by atoms with Crippen LogP contribution in [0.5, 0.6) is 17.2 Å². The first kappa shape index (κ1) is 67.7. The van der Waals surface area contributed by atoms with E-state index in [9.17, 15) is 28.0 Å². The predicted molar refractivity (Wildman–Crippen MR) is 343 cm³/mol.